The molecule has 33 heavy (non-hydrogen) atoms. The van der Waals surface area contributed by atoms with Crippen LogP contribution in [0.1, 0.15) is 22.3 Å². The molecular formula is C27H26N4OS. The van der Waals surface area contributed by atoms with Crippen LogP contribution in [0.15, 0.2) is 71.9 Å². The second kappa shape index (κ2) is 9.96. The van der Waals surface area contributed by atoms with Crippen LogP contribution in [0, 0.1) is 27.7 Å². The number of anilines is 1. The van der Waals surface area contributed by atoms with Gasteiger partial charge in [0.05, 0.1) is 5.75 Å². The van der Waals surface area contributed by atoms with E-state index in [2.05, 4.69) is 59.7 Å². The third-order valence-corrected chi connectivity index (χ3v) is 5.99. The molecule has 1 aromatic heterocycles. The molecule has 4 aromatic rings. The molecule has 3 aromatic carbocycles. The standard InChI is InChI=1S/C27H26N4OS/c1-17-5-9-21(10-6-17)25-26(22-11-7-18(2)8-12-22)30-31-27(29-25)33-16-24(32)28-23-14-19(3)13-20(4)15-23/h5-15H,16H2,1-4H3,(H,28,32). The fourth-order valence-electron chi connectivity index (χ4n) is 3.56. The predicted octanol–water partition coefficient (Wildman–Crippen LogP) is 6.17. The highest BCUT2D eigenvalue weighted by Crippen LogP contribution is 2.30. The van der Waals surface area contributed by atoms with Crippen molar-refractivity contribution in [2.24, 2.45) is 0 Å². The molecule has 0 saturated heterocycles. The topological polar surface area (TPSA) is 67.8 Å². The molecule has 6 heteroatoms. The predicted molar refractivity (Wildman–Crippen MR) is 135 cm³/mol. The monoisotopic (exact) mass is 454 g/mol. The molecule has 0 bridgehead atoms. The van der Waals surface area contributed by atoms with Gasteiger partial charge in [-0.3, -0.25) is 4.79 Å². The van der Waals surface area contributed by atoms with Crippen molar-refractivity contribution < 1.29 is 4.79 Å². The molecule has 0 atom stereocenters. The Kier molecular flexibility index (Phi) is 6.84. The van der Waals surface area contributed by atoms with E-state index in [1.165, 1.54) is 22.9 Å². The van der Waals surface area contributed by atoms with Gasteiger partial charge in [-0.2, -0.15) is 0 Å². The Morgan fingerprint density at radius 3 is 1.85 bits per heavy atom. The number of nitrogens with one attached hydrogen (secondary N) is 1. The summed E-state index contributed by atoms with van der Waals surface area (Å²) < 4.78 is 0. The molecule has 166 valence electrons. The van der Waals surface area contributed by atoms with Crippen LogP contribution in [0.4, 0.5) is 5.69 Å². The largest absolute Gasteiger partial charge is 0.325 e. The first kappa shape index (κ1) is 22.7. The number of aryl methyl sites for hydroxylation is 4. The van der Waals surface area contributed by atoms with Crippen molar-refractivity contribution in [1.82, 2.24) is 15.2 Å². The average Bonchev–Trinajstić information content (AvgIpc) is 2.78. The Labute approximate surface area is 198 Å². The summed E-state index contributed by atoms with van der Waals surface area (Å²) in [5.41, 5.74) is 8.78. The van der Waals surface area contributed by atoms with E-state index < -0.39 is 0 Å². The van der Waals surface area contributed by atoms with Crippen LogP contribution >= 0.6 is 11.8 Å². The van der Waals surface area contributed by atoms with Crippen LogP contribution in [0.3, 0.4) is 0 Å². The van der Waals surface area contributed by atoms with Gasteiger partial charge >= 0.3 is 0 Å². The molecular weight excluding hydrogens is 428 g/mol. The molecule has 4 rings (SSSR count). The van der Waals surface area contributed by atoms with Crippen molar-refractivity contribution >= 4 is 23.4 Å². The van der Waals surface area contributed by atoms with Crippen LogP contribution in [-0.4, -0.2) is 26.8 Å². The van der Waals surface area contributed by atoms with Crippen molar-refractivity contribution in [3.63, 3.8) is 0 Å². The molecule has 0 spiro atoms. The molecule has 0 unspecified atom stereocenters. The van der Waals surface area contributed by atoms with E-state index in [1.54, 1.807) is 0 Å². The first-order valence-corrected chi connectivity index (χ1v) is 11.8. The van der Waals surface area contributed by atoms with Gasteiger partial charge in [0.2, 0.25) is 11.1 Å². The van der Waals surface area contributed by atoms with Crippen molar-refractivity contribution in [1.29, 1.82) is 0 Å². The lowest BCUT2D eigenvalue weighted by Crippen LogP contribution is -2.14. The highest BCUT2D eigenvalue weighted by molar-refractivity contribution is 7.99. The number of amides is 1. The number of rotatable bonds is 6. The van der Waals surface area contributed by atoms with Crippen LogP contribution in [0.25, 0.3) is 22.5 Å². The van der Waals surface area contributed by atoms with E-state index in [1.807, 2.05) is 50.2 Å². The second-order valence-electron chi connectivity index (χ2n) is 8.24. The number of hydrogen-bond acceptors (Lipinski definition) is 5. The zero-order valence-corrected chi connectivity index (χ0v) is 20.0. The number of hydrogen-bond donors (Lipinski definition) is 1. The van der Waals surface area contributed by atoms with Crippen molar-refractivity contribution in [2.75, 3.05) is 11.1 Å². The number of carbonyl (C=O) groups is 1. The average molecular weight is 455 g/mol. The first-order chi connectivity index (χ1) is 15.9. The SMILES string of the molecule is Cc1ccc(-c2nnc(SCC(=O)Nc3cc(C)cc(C)c3)nc2-c2ccc(C)cc2)cc1. The Bertz CT molecular complexity index is 1260. The van der Waals surface area contributed by atoms with Gasteiger partial charge in [0.1, 0.15) is 11.4 Å². The minimum absolute atomic E-state index is 0.104. The number of nitrogens with zero attached hydrogens (tertiary/aromatic N) is 3. The maximum absolute atomic E-state index is 12.5. The van der Waals surface area contributed by atoms with E-state index in [9.17, 15) is 4.79 Å². The van der Waals surface area contributed by atoms with Gasteiger partial charge in [-0.15, -0.1) is 10.2 Å². The molecule has 0 fully saturated rings. The van der Waals surface area contributed by atoms with Gasteiger partial charge in [-0.25, -0.2) is 4.98 Å². The highest BCUT2D eigenvalue weighted by atomic mass is 32.2. The quantitative estimate of drug-likeness (QED) is 0.353. The first-order valence-electron chi connectivity index (χ1n) is 10.8. The Hall–Kier alpha value is -3.51. The summed E-state index contributed by atoms with van der Waals surface area (Å²) in [5, 5.41) is 12.2. The van der Waals surface area contributed by atoms with Crippen LogP contribution in [-0.2, 0) is 4.79 Å². The summed E-state index contributed by atoms with van der Waals surface area (Å²) >= 11 is 1.28. The minimum Gasteiger partial charge on any atom is -0.325 e. The second-order valence-corrected chi connectivity index (χ2v) is 9.18. The molecule has 0 aliphatic heterocycles. The molecule has 0 radical (unpaired) electrons. The van der Waals surface area contributed by atoms with Gasteiger partial charge < -0.3 is 5.32 Å². The molecule has 5 nitrogen and oxygen atoms in total. The van der Waals surface area contributed by atoms with E-state index in [4.69, 9.17) is 4.98 Å². The fraction of sp³-hybridized carbons (Fsp3) is 0.185. The van der Waals surface area contributed by atoms with Crippen molar-refractivity contribution in [3.8, 4) is 22.5 Å². The smallest absolute Gasteiger partial charge is 0.234 e. The molecule has 0 aliphatic rings. The lowest BCUT2D eigenvalue weighted by Gasteiger charge is -2.10. The van der Waals surface area contributed by atoms with Gasteiger partial charge in [-0.1, -0.05) is 77.5 Å². The van der Waals surface area contributed by atoms with E-state index >= 15 is 0 Å². The van der Waals surface area contributed by atoms with Gasteiger partial charge in [-0.05, 0) is 51.0 Å². The maximum Gasteiger partial charge on any atom is 0.234 e. The minimum atomic E-state index is -0.104. The summed E-state index contributed by atoms with van der Waals surface area (Å²) in [5.74, 6) is 0.0967. The maximum atomic E-state index is 12.5. The van der Waals surface area contributed by atoms with E-state index in [0.29, 0.717) is 5.16 Å². The third-order valence-electron chi connectivity index (χ3n) is 5.16. The van der Waals surface area contributed by atoms with Crippen molar-refractivity contribution in [3.05, 3.63) is 89.0 Å². The molecule has 1 heterocycles. The van der Waals surface area contributed by atoms with Crippen molar-refractivity contribution in [2.45, 2.75) is 32.9 Å². The summed E-state index contributed by atoms with van der Waals surface area (Å²) in [6.07, 6.45) is 0. The van der Waals surface area contributed by atoms with E-state index in [0.717, 1.165) is 39.3 Å². The fourth-order valence-corrected chi connectivity index (χ4v) is 4.15. The summed E-state index contributed by atoms with van der Waals surface area (Å²) in [4.78, 5) is 17.3. The van der Waals surface area contributed by atoms with Crippen LogP contribution in [0.2, 0.25) is 0 Å². The zero-order chi connectivity index (χ0) is 23.4. The van der Waals surface area contributed by atoms with Gasteiger partial charge in [0, 0.05) is 16.8 Å². The Balaban J connectivity index is 1.57. The van der Waals surface area contributed by atoms with Gasteiger partial charge in [0.25, 0.3) is 0 Å². The molecule has 0 saturated carbocycles. The highest BCUT2D eigenvalue weighted by Gasteiger charge is 2.15. The Morgan fingerprint density at radius 2 is 1.27 bits per heavy atom. The molecule has 1 N–H and O–H groups in total. The van der Waals surface area contributed by atoms with E-state index in [-0.39, 0.29) is 11.7 Å². The molecule has 0 aliphatic carbocycles. The van der Waals surface area contributed by atoms with Gasteiger partial charge in [0.15, 0.2) is 0 Å². The number of carbonyl (C=O) groups excluding carboxylic acids is 1. The Morgan fingerprint density at radius 1 is 0.727 bits per heavy atom. The van der Waals surface area contributed by atoms with Crippen LogP contribution < -0.4 is 5.32 Å². The number of aromatic nitrogens is 3. The lowest BCUT2D eigenvalue weighted by molar-refractivity contribution is -0.113. The summed E-state index contributed by atoms with van der Waals surface area (Å²) in [6, 6.07) is 22.3. The zero-order valence-electron chi connectivity index (χ0n) is 19.2. The summed E-state index contributed by atoms with van der Waals surface area (Å²) in [6.45, 7) is 8.13. The normalized spacial score (nSPS) is 10.8. The number of thioether (sulfide) groups is 1. The molecule has 1 amide bonds. The van der Waals surface area contributed by atoms with Crippen LogP contribution in [0.5, 0.6) is 0 Å². The lowest BCUT2D eigenvalue weighted by atomic mass is 10.0. The number of benzene rings is 3. The third kappa shape index (κ3) is 5.84. The summed E-state index contributed by atoms with van der Waals surface area (Å²) in [7, 11) is 0.